The van der Waals surface area contributed by atoms with E-state index in [0.717, 1.165) is 37.7 Å². The monoisotopic (exact) mass is 322 g/mol. The summed E-state index contributed by atoms with van der Waals surface area (Å²) in [5.74, 6) is 1.83. The molecule has 1 aromatic rings. The molecule has 1 aliphatic rings. The van der Waals surface area contributed by atoms with Crippen LogP contribution < -0.4 is 10.6 Å². The maximum Gasteiger partial charge on any atom is 0.191 e. The summed E-state index contributed by atoms with van der Waals surface area (Å²) in [5.41, 5.74) is -0.0228. The number of nitrogens with zero attached hydrogens (tertiary/aromatic N) is 4. The lowest BCUT2D eigenvalue weighted by atomic mass is 9.56. The van der Waals surface area contributed by atoms with E-state index in [0.29, 0.717) is 6.04 Å². The predicted molar refractivity (Wildman–Crippen MR) is 91.5 cm³/mol. The number of methoxy groups -OCH3 is 1. The zero-order valence-corrected chi connectivity index (χ0v) is 15.2. The van der Waals surface area contributed by atoms with Crippen LogP contribution in [0.5, 0.6) is 0 Å². The molecule has 7 heteroatoms. The molecule has 1 aliphatic carbocycles. The number of aromatic nitrogens is 3. The molecule has 0 saturated heterocycles. The van der Waals surface area contributed by atoms with E-state index in [4.69, 9.17) is 4.74 Å². The normalized spacial score (nSPS) is 26.7. The van der Waals surface area contributed by atoms with Crippen LogP contribution in [0.1, 0.15) is 39.9 Å². The highest BCUT2D eigenvalue weighted by atomic mass is 16.5. The number of rotatable bonds is 6. The second kappa shape index (κ2) is 6.86. The first-order valence-electron chi connectivity index (χ1n) is 8.27. The summed E-state index contributed by atoms with van der Waals surface area (Å²) < 4.78 is 7.74. The molecule has 1 heterocycles. The van der Waals surface area contributed by atoms with E-state index < -0.39 is 0 Å². The third kappa shape index (κ3) is 3.34. The van der Waals surface area contributed by atoms with Gasteiger partial charge in [-0.2, -0.15) is 0 Å². The summed E-state index contributed by atoms with van der Waals surface area (Å²) in [7, 11) is 3.59. The van der Waals surface area contributed by atoms with Crippen molar-refractivity contribution in [1.29, 1.82) is 0 Å². The van der Waals surface area contributed by atoms with Crippen molar-refractivity contribution in [3.8, 4) is 0 Å². The van der Waals surface area contributed by atoms with Crippen molar-refractivity contribution < 1.29 is 4.74 Å². The molecule has 0 radical (unpaired) electrons. The lowest BCUT2D eigenvalue weighted by Crippen LogP contribution is -2.69. The van der Waals surface area contributed by atoms with Gasteiger partial charge in [0.1, 0.15) is 12.2 Å². The molecular weight excluding hydrogens is 292 g/mol. The Labute approximate surface area is 138 Å². The minimum atomic E-state index is -0.0813. The minimum absolute atomic E-state index is 0.0585. The molecule has 130 valence electrons. The Morgan fingerprint density at radius 3 is 2.78 bits per heavy atom. The highest BCUT2D eigenvalue weighted by Crippen LogP contribution is 2.51. The molecule has 0 aromatic carbocycles. The standard InChI is InChI=1S/C16H30N6O/c1-7-13-21-19-11-22(13)9-8-18-14(17-5)20-12-10-16(4,23-6)15(12,2)3/h11-12H,7-10H2,1-6H3,(H2,17,18,20). The van der Waals surface area contributed by atoms with Crippen molar-refractivity contribution in [1.82, 2.24) is 25.4 Å². The first-order chi connectivity index (χ1) is 10.9. The SMILES string of the molecule is CCc1nncn1CCNC(=NC)NC1CC(C)(OC)C1(C)C. The summed E-state index contributed by atoms with van der Waals surface area (Å²) in [5, 5.41) is 14.9. The van der Waals surface area contributed by atoms with Crippen molar-refractivity contribution in [2.45, 2.75) is 58.7 Å². The van der Waals surface area contributed by atoms with E-state index >= 15 is 0 Å². The van der Waals surface area contributed by atoms with E-state index in [2.05, 4.69) is 58.1 Å². The molecule has 1 fully saturated rings. The van der Waals surface area contributed by atoms with Gasteiger partial charge in [0.15, 0.2) is 5.96 Å². The molecule has 1 aromatic heterocycles. The van der Waals surface area contributed by atoms with Gasteiger partial charge in [-0.1, -0.05) is 20.8 Å². The van der Waals surface area contributed by atoms with Crippen molar-refractivity contribution in [3.63, 3.8) is 0 Å². The second-order valence-corrected chi connectivity index (χ2v) is 6.85. The smallest absolute Gasteiger partial charge is 0.191 e. The largest absolute Gasteiger partial charge is 0.378 e. The average molecular weight is 322 g/mol. The van der Waals surface area contributed by atoms with Gasteiger partial charge < -0.3 is 19.9 Å². The lowest BCUT2D eigenvalue weighted by Gasteiger charge is -2.59. The third-order valence-corrected chi connectivity index (χ3v) is 5.47. The molecule has 23 heavy (non-hydrogen) atoms. The van der Waals surface area contributed by atoms with Gasteiger partial charge in [0.2, 0.25) is 0 Å². The predicted octanol–water partition coefficient (Wildman–Crippen LogP) is 1.21. The fourth-order valence-corrected chi connectivity index (χ4v) is 3.12. The van der Waals surface area contributed by atoms with E-state index in [1.807, 2.05) is 0 Å². The van der Waals surface area contributed by atoms with Gasteiger partial charge in [0.25, 0.3) is 0 Å². The molecule has 2 atom stereocenters. The molecule has 2 N–H and O–H groups in total. The molecule has 0 bridgehead atoms. The number of ether oxygens (including phenoxy) is 1. The summed E-state index contributed by atoms with van der Waals surface area (Å²) in [6.07, 6.45) is 3.64. The molecule has 1 saturated carbocycles. The Balaban J connectivity index is 1.83. The highest BCUT2D eigenvalue weighted by molar-refractivity contribution is 5.80. The molecule has 0 aliphatic heterocycles. The first-order valence-corrected chi connectivity index (χ1v) is 8.27. The number of hydrogen-bond acceptors (Lipinski definition) is 4. The highest BCUT2D eigenvalue weighted by Gasteiger charge is 2.58. The summed E-state index contributed by atoms with van der Waals surface area (Å²) in [6.45, 7) is 10.3. The van der Waals surface area contributed by atoms with Gasteiger partial charge >= 0.3 is 0 Å². The summed E-state index contributed by atoms with van der Waals surface area (Å²) in [6, 6.07) is 0.347. The van der Waals surface area contributed by atoms with Crippen LogP contribution in [0.2, 0.25) is 0 Å². The molecule has 2 unspecified atom stereocenters. The van der Waals surface area contributed by atoms with Crippen LogP contribution in [0.25, 0.3) is 0 Å². The van der Waals surface area contributed by atoms with Crippen LogP contribution in [0.15, 0.2) is 11.3 Å². The van der Waals surface area contributed by atoms with Gasteiger partial charge in [-0.3, -0.25) is 4.99 Å². The zero-order chi connectivity index (χ0) is 17.1. The van der Waals surface area contributed by atoms with E-state index in [-0.39, 0.29) is 11.0 Å². The van der Waals surface area contributed by atoms with E-state index in [1.165, 1.54) is 0 Å². The van der Waals surface area contributed by atoms with Gasteiger partial charge in [-0.15, -0.1) is 10.2 Å². The van der Waals surface area contributed by atoms with Crippen LogP contribution in [0.4, 0.5) is 0 Å². The van der Waals surface area contributed by atoms with E-state index in [9.17, 15) is 0 Å². The second-order valence-electron chi connectivity index (χ2n) is 6.85. The number of nitrogens with one attached hydrogen (secondary N) is 2. The quantitative estimate of drug-likeness (QED) is 0.608. The molecular formula is C16H30N6O. The topological polar surface area (TPSA) is 76.4 Å². The zero-order valence-electron chi connectivity index (χ0n) is 15.2. The van der Waals surface area contributed by atoms with Gasteiger partial charge in [0, 0.05) is 45.1 Å². The van der Waals surface area contributed by atoms with Gasteiger partial charge in [0.05, 0.1) is 5.60 Å². The Morgan fingerprint density at radius 1 is 1.48 bits per heavy atom. The fraction of sp³-hybridized carbons (Fsp3) is 0.812. The number of hydrogen-bond donors (Lipinski definition) is 2. The maximum absolute atomic E-state index is 5.67. The third-order valence-electron chi connectivity index (χ3n) is 5.47. The van der Waals surface area contributed by atoms with Crippen molar-refractivity contribution in [2.24, 2.45) is 10.4 Å². The fourth-order valence-electron chi connectivity index (χ4n) is 3.12. The summed E-state index contributed by atoms with van der Waals surface area (Å²) >= 11 is 0. The van der Waals surface area contributed by atoms with Gasteiger partial charge in [-0.25, -0.2) is 0 Å². The number of guanidine groups is 1. The average Bonchev–Trinajstić information content (AvgIpc) is 3.00. The van der Waals surface area contributed by atoms with E-state index in [1.54, 1.807) is 20.5 Å². The van der Waals surface area contributed by atoms with Crippen LogP contribution in [-0.2, 0) is 17.7 Å². The first kappa shape index (κ1) is 17.7. The number of aryl methyl sites for hydroxylation is 1. The molecule has 0 amide bonds. The molecule has 7 nitrogen and oxygen atoms in total. The van der Waals surface area contributed by atoms with Crippen molar-refractivity contribution >= 4 is 5.96 Å². The van der Waals surface area contributed by atoms with Crippen LogP contribution in [0.3, 0.4) is 0 Å². The Hall–Kier alpha value is -1.63. The number of aliphatic imine (C=N–C) groups is 1. The van der Waals surface area contributed by atoms with Crippen LogP contribution in [-0.4, -0.2) is 53.1 Å². The van der Waals surface area contributed by atoms with Crippen molar-refractivity contribution in [2.75, 3.05) is 20.7 Å². The minimum Gasteiger partial charge on any atom is -0.378 e. The van der Waals surface area contributed by atoms with Crippen LogP contribution >= 0.6 is 0 Å². The molecule has 0 spiro atoms. The Morgan fingerprint density at radius 2 is 2.22 bits per heavy atom. The molecule has 2 rings (SSSR count). The van der Waals surface area contributed by atoms with Crippen molar-refractivity contribution in [3.05, 3.63) is 12.2 Å². The maximum atomic E-state index is 5.67. The van der Waals surface area contributed by atoms with Gasteiger partial charge in [-0.05, 0) is 13.3 Å². The summed E-state index contributed by atoms with van der Waals surface area (Å²) in [4.78, 5) is 4.32. The van der Waals surface area contributed by atoms with Crippen LogP contribution in [0, 0.1) is 5.41 Å². The lowest BCUT2D eigenvalue weighted by molar-refractivity contribution is -0.176. The Kier molecular flexibility index (Phi) is 5.29. The Bertz CT molecular complexity index is 553.